The number of anilines is 3. The van der Waals surface area contributed by atoms with E-state index in [4.69, 9.17) is 14.9 Å². The van der Waals surface area contributed by atoms with E-state index in [0.717, 1.165) is 10.2 Å². The zero-order chi connectivity index (χ0) is 24.5. The molecule has 0 saturated carbocycles. The normalized spacial score (nSPS) is 11.2. The first-order chi connectivity index (χ1) is 16.4. The molecule has 0 atom stereocenters. The maximum atomic E-state index is 12.5. The fraction of sp³-hybridized carbons (Fsp3) is 0.217. The zero-order valence-electron chi connectivity index (χ0n) is 18.4. The Bertz CT molecular complexity index is 1200. The highest BCUT2D eigenvalue weighted by Crippen LogP contribution is 2.33. The van der Waals surface area contributed by atoms with Crippen LogP contribution in [0.3, 0.4) is 0 Å². The topological polar surface area (TPSA) is 137 Å². The second-order valence-electron chi connectivity index (χ2n) is 7.17. The second kappa shape index (κ2) is 12.1. The summed E-state index contributed by atoms with van der Waals surface area (Å²) in [6.45, 7) is -0.0348. The number of nitrogens with zero attached hydrogens (tertiary/aromatic N) is 3. The average molecular weight is 530 g/mol. The van der Waals surface area contributed by atoms with Gasteiger partial charge in [-0.1, -0.05) is 28.1 Å². The lowest BCUT2D eigenvalue weighted by Gasteiger charge is -2.16. The van der Waals surface area contributed by atoms with Gasteiger partial charge in [-0.3, -0.25) is 14.5 Å². The van der Waals surface area contributed by atoms with Crippen LogP contribution in [-0.4, -0.2) is 70.3 Å². The van der Waals surface area contributed by atoms with Gasteiger partial charge in [0.1, 0.15) is 17.9 Å². The first-order valence-electron chi connectivity index (χ1n) is 10.3. The standard InChI is InChI=1S/C23H24BrN5O5/c1-34-20-12-18-17(23(26-14-25-18)27-16-5-2-4-15(24)10-16)11-19(20)28-21(31)6-3-7-29(8-9-30)13-22(32)33/h2-6,10-12,14,30H,7-9,13H2,1H3,(H,28,31)(H,32,33)(H,25,26,27)/b6-3+. The molecule has 0 radical (unpaired) electrons. The lowest BCUT2D eigenvalue weighted by Crippen LogP contribution is -2.32. The van der Waals surface area contributed by atoms with Gasteiger partial charge in [0.15, 0.2) is 0 Å². The highest BCUT2D eigenvalue weighted by atomic mass is 79.9. The molecular formula is C23H24BrN5O5. The zero-order valence-corrected chi connectivity index (χ0v) is 19.9. The number of carboxylic acids is 1. The minimum Gasteiger partial charge on any atom is -0.494 e. The molecule has 0 aliphatic heterocycles. The fourth-order valence-corrected chi connectivity index (χ4v) is 3.60. The van der Waals surface area contributed by atoms with Crippen molar-refractivity contribution in [1.29, 1.82) is 0 Å². The van der Waals surface area contributed by atoms with E-state index in [-0.39, 0.29) is 26.2 Å². The number of aliphatic hydroxyl groups excluding tert-OH is 1. The van der Waals surface area contributed by atoms with Gasteiger partial charge in [-0.25, -0.2) is 9.97 Å². The van der Waals surface area contributed by atoms with E-state index in [1.54, 1.807) is 12.1 Å². The molecule has 4 N–H and O–H groups in total. The molecule has 0 unspecified atom stereocenters. The molecule has 11 heteroatoms. The smallest absolute Gasteiger partial charge is 0.317 e. The van der Waals surface area contributed by atoms with Crippen molar-refractivity contribution in [2.45, 2.75) is 0 Å². The molecular weight excluding hydrogens is 506 g/mol. The van der Waals surface area contributed by atoms with E-state index in [1.165, 1.54) is 30.5 Å². The molecule has 0 spiro atoms. The molecule has 1 amide bonds. The summed E-state index contributed by atoms with van der Waals surface area (Å²) in [5.41, 5.74) is 1.88. The molecule has 0 saturated heterocycles. The van der Waals surface area contributed by atoms with E-state index in [2.05, 4.69) is 36.5 Å². The Labute approximate surface area is 204 Å². The Kier molecular flexibility index (Phi) is 8.91. The van der Waals surface area contributed by atoms with Gasteiger partial charge >= 0.3 is 5.97 Å². The fourth-order valence-electron chi connectivity index (χ4n) is 3.20. The van der Waals surface area contributed by atoms with Crippen LogP contribution < -0.4 is 15.4 Å². The van der Waals surface area contributed by atoms with E-state index >= 15 is 0 Å². The lowest BCUT2D eigenvalue weighted by atomic mass is 10.2. The highest BCUT2D eigenvalue weighted by Gasteiger charge is 2.13. The predicted molar refractivity (Wildman–Crippen MR) is 132 cm³/mol. The Balaban J connectivity index is 1.81. The van der Waals surface area contributed by atoms with Crippen LogP contribution in [0, 0.1) is 0 Å². The number of halogens is 1. The van der Waals surface area contributed by atoms with Gasteiger partial charge < -0.3 is 25.6 Å². The first kappa shape index (κ1) is 25.1. The number of benzene rings is 2. The monoisotopic (exact) mass is 529 g/mol. The number of carboxylic acid groups (broad SMARTS) is 1. The van der Waals surface area contributed by atoms with Gasteiger partial charge in [0.2, 0.25) is 5.91 Å². The Morgan fingerprint density at radius 2 is 2.06 bits per heavy atom. The summed E-state index contributed by atoms with van der Waals surface area (Å²) in [5, 5.41) is 24.7. The number of fused-ring (bicyclic) bond motifs is 1. The third-order valence-electron chi connectivity index (χ3n) is 4.71. The van der Waals surface area contributed by atoms with Crippen molar-refractivity contribution in [3.8, 4) is 5.75 Å². The molecule has 1 aromatic heterocycles. The quantitative estimate of drug-likeness (QED) is 0.276. The number of hydrogen-bond donors (Lipinski definition) is 4. The Hall–Kier alpha value is -3.54. The van der Waals surface area contributed by atoms with Crippen LogP contribution in [0.2, 0.25) is 0 Å². The number of aliphatic hydroxyl groups is 1. The number of methoxy groups -OCH3 is 1. The molecule has 10 nitrogen and oxygen atoms in total. The molecule has 0 fully saturated rings. The minimum absolute atomic E-state index is 0.181. The minimum atomic E-state index is -1.01. The predicted octanol–water partition coefficient (Wildman–Crippen LogP) is 3.02. The first-order valence-corrected chi connectivity index (χ1v) is 11.1. The van der Waals surface area contributed by atoms with E-state index in [0.29, 0.717) is 28.2 Å². The van der Waals surface area contributed by atoms with Gasteiger partial charge in [-0.15, -0.1) is 0 Å². The molecule has 1 heterocycles. The Morgan fingerprint density at radius 1 is 1.24 bits per heavy atom. The van der Waals surface area contributed by atoms with Gasteiger partial charge in [-0.05, 0) is 24.3 Å². The summed E-state index contributed by atoms with van der Waals surface area (Å²) in [5.74, 6) is -0.448. The summed E-state index contributed by atoms with van der Waals surface area (Å²) in [4.78, 5) is 33.5. The van der Waals surface area contributed by atoms with Crippen LogP contribution in [-0.2, 0) is 9.59 Å². The van der Waals surface area contributed by atoms with Crippen LogP contribution in [0.1, 0.15) is 0 Å². The maximum Gasteiger partial charge on any atom is 0.317 e. The number of carbonyl (C=O) groups is 2. The van der Waals surface area contributed by atoms with Crippen LogP contribution in [0.25, 0.3) is 10.9 Å². The van der Waals surface area contributed by atoms with Crippen molar-refractivity contribution in [3.05, 3.63) is 59.4 Å². The number of rotatable bonds is 11. The number of ether oxygens (including phenoxy) is 1. The van der Waals surface area contributed by atoms with Crippen LogP contribution in [0.4, 0.5) is 17.2 Å². The van der Waals surface area contributed by atoms with Crippen molar-refractivity contribution >= 4 is 55.9 Å². The molecule has 3 rings (SSSR count). The lowest BCUT2D eigenvalue weighted by molar-refractivity contribution is -0.138. The third-order valence-corrected chi connectivity index (χ3v) is 5.20. The van der Waals surface area contributed by atoms with Gasteiger partial charge in [-0.2, -0.15) is 0 Å². The van der Waals surface area contributed by atoms with Crippen molar-refractivity contribution in [2.75, 3.05) is 44.0 Å². The number of nitrogens with one attached hydrogen (secondary N) is 2. The second-order valence-corrected chi connectivity index (χ2v) is 8.09. The summed E-state index contributed by atoms with van der Waals surface area (Å²) in [6, 6.07) is 11.1. The van der Waals surface area contributed by atoms with Gasteiger partial charge in [0.25, 0.3) is 0 Å². The van der Waals surface area contributed by atoms with Crippen LogP contribution >= 0.6 is 15.9 Å². The van der Waals surface area contributed by atoms with Crippen molar-refractivity contribution in [2.24, 2.45) is 0 Å². The summed E-state index contributed by atoms with van der Waals surface area (Å²) < 4.78 is 6.33. The number of amides is 1. The van der Waals surface area contributed by atoms with E-state index < -0.39 is 11.9 Å². The average Bonchev–Trinajstić information content (AvgIpc) is 2.79. The molecule has 0 aliphatic rings. The third kappa shape index (κ3) is 6.98. The summed E-state index contributed by atoms with van der Waals surface area (Å²) in [7, 11) is 1.49. The number of aromatic nitrogens is 2. The van der Waals surface area contributed by atoms with E-state index in [9.17, 15) is 9.59 Å². The van der Waals surface area contributed by atoms with Gasteiger partial charge in [0.05, 0.1) is 31.5 Å². The maximum absolute atomic E-state index is 12.5. The molecule has 178 valence electrons. The molecule has 2 aromatic carbocycles. The molecule has 34 heavy (non-hydrogen) atoms. The SMILES string of the molecule is COc1cc2ncnc(Nc3cccc(Br)c3)c2cc1NC(=O)/C=C/CN(CCO)CC(=O)O. The number of aliphatic carboxylic acids is 1. The van der Waals surface area contributed by atoms with Gasteiger partial charge in [0, 0.05) is 40.8 Å². The van der Waals surface area contributed by atoms with Crippen LogP contribution in [0.15, 0.2) is 59.4 Å². The van der Waals surface area contributed by atoms with Crippen molar-refractivity contribution in [1.82, 2.24) is 14.9 Å². The number of carbonyl (C=O) groups excluding carboxylic acids is 1. The van der Waals surface area contributed by atoms with Crippen molar-refractivity contribution < 1.29 is 24.5 Å². The molecule has 0 bridgehead atoms. The highest BCUT2D eigenvalue weighted by molar-refractivity contribution is 9.10. The van der Waals surface area contributed by atoms with Crippen molar-refractivity contribution in [3.63, 3.8) is 0 Å². The summed E-state index contributed by atoms with van der Waals surface area (Å²) in [6.07, 6.45) is 4.28. The number of hydrogen-bond acceptors (Lipinski definition) is 8. The summed E-state index contributed by atoms with van der Waals surface area (Å²) >= 11 is 3.44. The Morgan fingerprint density at radius 3 is 2.76 bits per heavy atom. The van der Waals surface area contributed by atoms with Crippen LogP contribution in [0.5, 0.6) is 5.75 Å². The van der Waals surface area contributed by atoms with E-state index in [1.807, 2.05) is 24.3 Å². The molecule has 0 aliphatic carbocycles. The largest absolute Gasteiger partial charge is 0.494 e. The molecule has 3 aromatic rings.